The average Bonchev–Trinajstić information content (AvgIpc) is 3.49. The van der Waals surface area contributed by atoms with Gasteiger partial charge in [0.2, 0.25) is 10.0 Å². The highest BCUT2D eigenvalue weighted by Crippen LogP contribution is 2.58. The lowest BCUT2D eigenvalue weighted by Gasteiger charge is -2.30. The average molecular weight is 552 g/mol. The lowest BCUT2D eigenvalue weighted by atomic mass is 9.84. The van der Waals surface area contributed by atoms with Crippen molar-refractivity contribution in [3.63, 3.8) is 0 Å². The number of anilines is 1. The Kier molecular flexibility index (Phi) is 7.37. The Bertz CT molecular complexity index is 1500. The van der Waals surface area contributed by atoms with Crippen LogP contribution >= 0.6 is 7.28 Å². The number of fused-ring (bicyclic) bond motifs is 1. The van der Waals surface area contributed by atoms with Crippen LogP contribution in [0.2, 0.25) is 0 Å². The number of sulfonamides is 1. The van der Waals surface area contributed by atoms with Crippen LogP contribution in [0.1, 0.15) is 32.3 Å². The molecule has 200 valence electrons. The summed E-state index contributed by atoms with van der Waals surface area (Å²) >= 11 is 0. The molecule has 0 saturated carbocycles. The fourth-order valence-corrected chi connectivity index (χ4v) is 8.60. The first-order valence-corrected chi connectivity index (χ1v) is 16.0. The summed E-state index contributed by atoms with van der Waals surface area (Å²) in [6, 6.07) is 24.9. The first kappa shape index (κ1) is 26.9. The van der Waals surface area contributed by atoms with Crippen molar-refractivity contribution >= 4 is 34.0 Å². The SMILES string of the molecule is CN1/C(=C\[P@@](=Nc2ccc(S(N)(=O)=O)cc2)(OC[C@H]2CCCO2)c2ccccc2)C(C)(C)c2ccccc21. The third-order valence-electron chi connectivity index (χ3n) is 7.27. The summed E-state index contributed by atoms with van der Waals surface area (Å²) in [4.78, 5) is 2.27. The maximum absolute atomic E-state index is 11.8. The number of hydrogen-bond acceptors (Lipinski definition) is 6. The maximum atomic E-state index is 11.8. The summed E-state index contributed by atoms with van der Waals surface area (Å²) in [6.07, 6.45) is 1.98. The summed E-state index contributed by atoms with van der Waals surface area (Å²) in [5, 5.41) is 6.31. The molecule has 0 spiro atoms. The van der Waals surface area contributed by atoms with E-state index in [1.165, 1.54) is 17.7 Å². The highest BCUT2D eigenvalue weighted by atomic mass is 32.2. The van der Waals surface area contributed by atoms with Gasteiger partial charge in [-0.2, -0.15) is 0 Å². The molecular formula is C29H34N3O4PS. The van der Waals surface area contributed by atoms with Gasteiger partial charge in [0, 0.05) is 41.6 Å². The van der Waals surface area contributed by atoms with Crippen molar-refractivity contribution in [1.29, 1.82) is 0 Å². The fraction of sp³-hybridized carbons (Fsp3) is 0.310. The van der Waals surface area contributed by atoms with Crippen molar-refractivity contribution in [2.45, 2.75) is 43.1 Å². The minimum atomic E-state index is -3.81. The largest absolute Gasteiger partial charge is 0.376 e. The third-order valence-corrected chi connectivity index (χ3v) is 10.9. The van der Waals surface area contributed by atoms with E-state index in [0.29, 0.717) is 12.3 Å². The van der Waals surface area contributed by atoms with Gasteiger partial charge < -0.3 is 14.2 Å². The molecule has 0 amide bonds. The summed E-state index contributed by atoms with van der Waals surface area (Å²) in [5.41, 5.74) is 3.86. The van der Waals surface area contributed by atoms with E-state index in [4.69, 9.17) is 19.1 Å². The predicted octanol–water partition coefficient (Wildman–Crippen LogP) is 5.87. The molecular weight excluding hydrogens is 517 g/mol. The van der Waals surface area contributed by atoms with E-state index < -0.39 is 17.3 Å². The van der Waals surface area contributed by atoms with Crippen LogP contribution in [-0.2, 0) is 24.7 Å². The van der Waals surface area contributed by atoms with Gasteiger partial charge in [-0.15, -0.1) is 0 Å². The van der Waals surface area contributed by atoms with Crippen molar-refractivity contribution < 1.29 is 17.7 Å². The number of hydrogen-bond donors (Lipinski definition) is 1. The zero-order valence-electron chi connectivity index (χ0n) is 21.9. The summed E-state index contributed by atoms with van der Waals surface area (Å²) in [5.74, 6) is 2.21. The highest BCUT2D eigenvalue weighted by Gasteiger charge is 2.40. The molecule has 3 aromatic rings. The standard InChI is InChI=1S/C29H34N3O4PS/c1-29(2)26-13-7-8-14-27(26)32(3)28(29)21-37(24-11-5-4-6-12-24,36-20-23-10-9-19-35-23)31-22-15-17-25(18-16-22)38(30,33)34/h4-8,11-18,21,23H,9-10,19-20H2,1-3H3,(H2,30,33,34)/b28-21-/t23-,37-/m1/s1. The molecule has 0 bridgehead atoms. The Balaban J connectivity index is 1.72. The zero-order chi connectivity index (χ0) is 27.0. The van der Waals surface area contributed by atoms with Gasteiger partial charge in [0.25, 0.3) is 0 Å². The van der Waals surface area contributed by atoms with E-state index in [2.05, 4.69) is 68.0 Å². The molecule has 38 heavy (non-hydrogen) atoms. The third kappa shape index (κ3) is 5.24. The molecule has 2 N–H and O–H groups in total. The van der Waals surface area contributed by atoms with E-state index in [1.807, 2.05) is 18.2 Å². The quantitative estimate of drug-likeness (QED) is 0.371. The lowest BCUT2D eigenvalue weighted by Crippen LogP contribution is -2.24. The van der Waals surface area contributed by atoms with Gasteiger partial charge in [0.1, 0.15) is 7.28 Å². The summed E-state index contributed by atoms with van der Waals surface area (Å²) in [7, 11) is -4.54. The minimum absolute atomic E-state index is 0.0166. The van der Waals surface area contributed by atoms with Crippen LogP contribution < -0.4 is 15.3 Å². The normalized spacial score (nSPS) is 21.3. The number of benzene rings is 3. The molecule has 2 aliphatic rings. The first-order chi connectivity index (χ1) is 18.1. The van der Waals surface area contributed by atoms with Crippen LogP contribution in [0.15, 0.2) is 100 Å². The Morgan fingerprint density at radius 1 is 1.08 bits per heavy atom. The van der Waals surface area contributed by atoms with E-state index in [9.17, 15) is 8.42 Å². The maximum Gasteiger partial charge on any atom is 0.238 e. The number of allylic oxidation sites excluding steroid dienone is 1. The Morgan fingerprint density at radius 3 is 2.39 bits per heavy atom. The molecule has 2 atom stereocenters. The van der Waals surface area contributed by atoms with Crippen LogP contribution in [0.5, 0.6) is 0 Å². The molecule has 1 fully saturated rings. The monoisotopic (exact) mass is 551 g/mol. The van der Waals surface area contributed by atoms with Gasteiger partial charge >= 0.3 is 0 Å². The number of likely N-dealkylation sites (N-methyl/N-ethyl adjacent to an activating group) is 1. The number of ether oxygens (including phenoxy) is 1. The van der Waals surface area contributed by atoms with Crippen molar-refractivity contribution in [3.8, 4) is 0 Å². The number of nitrogens with zero attached hydrogens (tertiary/aromatic N) is 2. The molecule has 2 heterocycles. The fourth-order valence-electron chi connectivity index (χ4n) is 5.19. The van der Waals surface area contributed by atoms with Crippen LogP contribution in [0.4, 0.5) is 11.4 Å². The molecule has 0 unspecified atom stereocenters. The van der Waals surface area contributed by atoms with Crippen LogP contribution in [0.3, 0.4) is 0 Å². The number of rotatable bonds is 7. The molecule has 3 aromatic carbocycles. The van der Waals surface area contributed by atoms with Gasteiger partial charge in [-0.1, -0.05) is 62.4 Å². The second kappa shape index (κ2) is 10.4. The van der Waals surface area contributed by atoms with Gasteiger partial charge in [0.05, 0.1) is 23.3 Å². The van der Waals surface area contributed by atoms with Gasteiger partial charge in [0.15, 0.2) is 0 Å². The number of para-hydroxylation sites is 1. The number of nitrogens with two attached hydrogens (primary N) is 1. The molecule has 7 nitrogen and oxygen atoms in total. The van der Waals surface area contributed by atoms with Crippen molar-refractivity contribution in [2.75, 3.05) is 25.2 Å². The minimum Gasteiger partial charge on any atom is -0.376 e. The Hall–Kier alpha value is -2.74. The van der Waals surface area contributed by atoms with Crippen molar-refractivity contribution in [3.05, 3.63) is 95.9 Å². The van der Waals surface area contributed by atoms with Crippen molar-refractivity contribution in [2.24, 2.45) is 9.88 Å². The van der Waals surface area contributed by atoms with E-state index in [1.54, 1.807) is 12.1 Å². The first-order valence-electron chi connectivity index (χ1n) is 12.7. The zero-order valence-corrected chi connectivity index (χ0v) is 23.7. The van der Waals surface area contributed by atoms with Crippen molar-refractivity contribution in [1.82, 2.24) is 0 Å². The van der Waals surface area contributed by atoms with Gasteiger partial charge in [-0.3, -0.25) is 0 Å². The molecule has 2 aliphatic heterocycles. The lowest BCUT2D eigenvalue weighted by molar-refractivity contribution is 0.0723. The van der Waals surface area contributed by atoms with Crippen LogP contribution in [0.25, 0.3) is 0 Å². The van der Waals surface area contributed by atoms with Gasteiger partial charge in [-0.05, 0) is 48.7 Å². The summed E-state index contributed by atoms with van der Waals surface area (Å²) in [6.45, 7) is 5.61. The van der Waals surface area contributed by atoms with Gasteiger partial charge in [-0.25, -0.2) is 18.3 Å². The summed E-state index contributed by atoms with van der Waals surface area (Å²) < 4.78 is 41.7. The smallest absolute Gasteiger partial charge is 0.238 e. The second-order valence-corrected chi connectivity index (χ2v) is 14.3. The molecule has 0 aromatic heterocycles. The molecule has 5 rings (SSSR count). The molecule has 0 radical (unpaired) electrons. The Labute approximate surface area is 225 Å². The molecule has 0 aliphatic carbocycles. The topological polar surface area (TPSA) is 94.2 Å². The highest BCUT2D eigenvalue weighted by molar-refractivity contribution is 7.89. The second-order valence-electron chi connectivity index (χ2n) is 10.2. The van der Waals surface area contributed by atoms with E-state index in [0.717, 1.165) is 36.1 Å². The van der Waals surface area contributed by atoms with Crippen LogP contribution in [-0.4, -0.2) is 34.8 Å². The Morgan fingerprint density at radius 2 is 1.76 bits per heavy atom. The van der Waals surface area contributed by atoms with E-state index >= 15 is 0 Å². The van der Waals surface area contributed by atoms with Crippen LogP contribution in [0, 0.1) is 0 Å². The van der Waals surface area contributed by atoms with E-state index in [-0.39, 0.29) is 16.4 Å². The predicted molar refractivity (Wildman–Crippen MR) is 154 cm³/mol. The molecule has 9 heteroatoms. The number of primary sulfonamides is 1. The molecule has 1 saturated heterocycles.